The minimum atomic E-state index is -0.726. The molecular weight excluding hydrogens is 197 g/mol. The van der Waals surface area contributed by atoms with Crippen LogP contribution in [0.3, 0.4) is 0 Å². The van der Waals surface area contributed by atoms with Crippen LogP contribution in [0.25, 0.3) is 0 Å². The number of nitriles is 1. The fourth-order valence-electron chi connectivity index (χ4n) is 1.22. The molecule has 0 aliphatic carbocycles. The second-order valence-corrected chi connectivity index (χ2v) is 2.86. The Morgan fingerprint density at radius 2 is 2.27 bits per heavy atom. The first kappa shape index (κ1) is 11.5. The van der Waals surface area contributed by atoms with E-state index in [1.54, 1.807) is 13.0 Å². The number of hydrogen-bond acceptors (Lipinski definition) is 3. The molecule has 0 aliphatic rings. The molecule has 0 saturated carbocycles. The zero-order valence-electron chi connectivity index (χ0n) is 8.66. The molecule has 1 rings (SSSR count). The van der Waals surface area contributed by atoms with Crippen molar-refractivity contribution in [1.82, 2.24) is 0 Å². The topological polar surface area (TPSA) is 42.2 Å². The summed E-state index contributed by atoms with van der Waals surface area (Å²) in [6, 6.07) is 6.30. The number of nitrogens with zero attached hydrogens (tertiary/aromatic N) is 1. The van der Waals surface area contributed by atoms with Crippen LogP contribution in [0.2, 0.25) is 0 Å². The Morgan fingerprint density at radius 1 is 1.53 bits per heavy atom. The van der Waals surface area contributed by atoms with Crippen LogP contribution in [0.1, 0.15) is 18.6 Å². The van der Waals surface area contributed by atoms with Crippen LogP contribution in [0, 0.1) is 17.1 Å². The van der Waals surface area contributed by atoms with E-state index in [9.17, 15) is 4.39 Å². The van der Waals surface area contributed by atoms with Gasteiger partial charge in [0.05, 0.1) is 13.2 Å². The van der Waals surface area contributed by atoms with Crippen molar-refractivity contribution in [2.75, 3.05) is 13.7 Å². The van der Waals surface area contributed by atoms with E-state index in [0.29, 0.717) is 12.2 Å². The molecule has 0 radical (unpaired) electrons. The molecular formula is C11H12FNO2. The van der Waals surface area contributed by atoms with Crippen molar-refractivity contribution in [2.24, 2.45) is 0 Å². The van der Waals surface area contributed by atoms with Gasteiger partial charge in [-0.3, -0.25) is 0 Å². The largest absolute Gasteiger partial charge is 0.494 e. The van der Waals surface area contributed by atoms with Gasteiger partial charge < -0.3 is 9.47 Å². The Hall–Kier alpha value is -1.60. The first-order chi connectivity index (χ1) is 7.22. The zero-order chi connectivity index (χ0) is 11.3. The molecule has 0 spiro atoms. The van der Waals surface area contributed by atoms with Crippen LogP contribution in [0.15, 0.2) is 18.2 Å². The molecule has 1 atom stereocenters. The van der Waals surface area contributed by atoms with Crippen molar-refractivity contribution in [3.05, 3.63) is 29.6 Å². The second kappa shape index (κ2) is 5.32. The molecule has 0 aliphatic heterocycles. The highest BCUT2D eigenvalue weighted by molar-refractivity contribution is 5.32. The predicted molar refractivity (Wildman–Crippen MR) is 52.9 cm³/mol. The van der Waals surface area contributed by atoms with Crippen molar-refractivity contribution in [1.29, 1.82) is 5.26 Å². The van der Waals surface area contributed by atoms with Gasteiger partial charge in [0.25, 0.3) is 0 Å². The lowest BCUT2D eigenvalue weighted by atomic mass is 10.1. The number of halogens is 1. The van der Waals surface area contributed by atoms with E-state index in [-0.39, 0.29) is 5.75 Å². The molecule has 0 fully saturated rings. The lowest BCUT2D eigenvalue weighted by Crippen LogP contribution is -2.02. The summed E-state index contributed by atoms with van der Waals surface area (Å²) in [4.78, 5) is 0. The molecule has 4 heteroatoms. The smallest absolute Gasteiger partial charge is 0.169 e. The summed E-state index contributed by atoms with van der Waals surface area (Å²) in [5.74, 6) is -0.332. The number of ether oxygens (including phenoxy) is 2. The Morgan fingerprint density at radius 3 is 2.73 bits per heavy atom. The van der Waals surface area contributed by atoms with Gasteiger partial charge in [-0.15, -0.1) is 0 Å². The quantitative estimate of drug-likeness (QED) is 0.764. The van der Waals surface area contributed by atoms with Crippen LogP contribution in [-0.4, -0.2) is 13.7 Å². The Balaban J connectivity index is 2.96. The molecule has 0 saturated heterocycles. The maximum Gasteiger partial charge on any atom is 0.169 e. The summed E-state index contributed by atoms with van der Waals surface area (Å²) in [6.45, 7) is 2.19. The van der Waals surface area contributed by atoms with E-state index in [0.717, 1.165) is 0 Å². The molecule has 0 amide bonds. The van der Waals surface area contributed by atoms with Crippen LogP contribution in [-0.2, 0) is 4.74 Å². The maximum absolute atomic E-state index is 13.3. The van der Waals surface area contributed by atoms with Gasteiger partial charge in [-0.1, -0.05) is 6.07 Å². The third-order valence-electron chi connectivity index (χ3n) is 1.93. The van der Waals surface area contributed by atoms with Crippen molar-refractivity contribution >= 4 is 0 Å². The predicted octanol–water partition coefficient (Wildman–Crippen LogP) is 2.44. The van der Waals surface area contributed by atoms with Crippen molar-refractivity contribution in [3.8, 4) is 11.8 Å². The van der Waals surface area contributed by atoms with E-state index >= 15 is 0 Å². The molecule has 15 heavy (non-hydrogen) atoms. The first-order valence-electron chi connectivity index (χ1n) is 4.57. The fourth-order valence-corrected chi connectivity index (χ4v) is 1.22. The van der Waals surface area contributed by atoms with Gasteiger partial charge in [-0.25, -0.2) is 4.39 Å². The summed E-state index contributed by atoms with van der Waals surface area (Å²) < 4.78 is 23.2. The first-order valence-corrected chi connectivity index (χ1v) is 4.57. The van der Waals surface area contributed by atoms with Gasteiger partial charge >= 0.3 is 0 Å². The molecule has 3 nitrogen and oxygen atoms in total. The Labute approximate surface area is 88.0 Å². The average Bonchev–Trinajstić information content (AvgIpc) is 2.25. The van der Waals surface area contributed by atoms with E-state index in [1.165, 1.54) is 19.2 Å². The molecule has 1 aromatic rings. The highest BCUT2D eigenvalue weighted by Gasteiger charge is 2.12. The normalized spacial score (nSPS) is 11.9. The number of rotatable bonds is 4. The van der Waals surface area contributed by atoms with Crippen LogP contribution >= 0.6 is 0 Å². The van der Waals surface area contributed by atoms with Crippen molar-refractivity contribution in [2.45, 2.75) is 13.0 Å². The zero-order valence-corrected chi connectivity index (χ0v) is 8.66. The third-order valence-corrected chi connectivity index (χ3v) is 1.93. The monoisotopic (exact) mass is 209 g/mol. The van der Waals surface area contributed by atoms with Crippen LogP contribution in [0.4, 0.5) is 4.39 Å². The number of methoxy groups -OCH3 is 1. The third kappa shape index (κ3) is 2.67. The lowest BCUT2D eigenvalue weighted by molar-refractivity contribution is 0.102. The standard InChI is InChI=1S/C11H12FNO2/c1-3-15-11(7-13)8-4-5-10(14-2)9(12)6-8/h4-6,11H,3H2,1-2H3. The van der Waals surface area contributed by atoms with Gasteiger partial charge in [0.1, 0.15) is 0 Å². The van der Waals surface area contributed by atoms with Crippen molar-refractivity contribution < 1.29 is 13.9 Å². The Bertz CT molecular complexity index is 373. The van der Waals surface area contributed by atoms with E-state index < -0.39 is 11.9 Å². The summed E-state index contributed by atoms with van der Waals surface area (Å²) in [5.41, 5.74) is 0.498. The van der Waals surface area contributed by atoms with Gasteiger partial charge in [-0.2, -0.15) is 5.26 Å². The summed E-state index contributed by atoms with van der Waals surface area (Å²) in [7, 11) is 1.39. The van der Waals surface area contributed by atoms with Gasteiger partial charge in [0.15, 0.2) is 17.7 Å². The lowest BCUT2D eigenvalue weighted by Gasteiger charge is -2.10. The van der Waals surface area contributed by atoms with E-state index in [1.807, 2.05) is 6.07 Å². The molecule has 0 aromatic heterocycles. The van der Waals surface area contributed by atoms with Gasteiger partial charge in [0.2, 0.25) is 0 Å². The maximum atomic E-state index is 13.3. The summed E-state index contributed by atoms with van der Waals surface area (Å²) in [5, 5.41) is 8.80. The van der Waals surface area contributed by atoms with Crippen LogP contribution < -0.4 is 4.74 Å². The van der Waals surface area contributed by atoms with Crippen molar-refractivity contribution in [3.63, 3.8) is 0 Å². The van der Waals surface area contributed by atoms with Gasteiger partial charge in [0, 0.05) is 6.61 Å². The second-order valence-electron chi connectivity index (χ2n) is 2.86. The fraction of sp³-hybridized carbons (Fsp3) is 0.364. The number of benzene rings is 1. The minimum Gasteiger partial charge on any atom is -0.494 e. The Kier molecular flexibility index (Phi) is 4.07. The van der Waals surface area contributed by atoms with Gasteiger partial charge in [-0.05, 0) is 24.6 Å². The van der Waals surface area contributed by atoms with E-state index in [2.05, 4.69) is 0 Å². The number of hydrogen-bond donors (Lipinski definition) is 0. The molecule has 0 N–H and O–H groups in total. The summed E-state index contributed by atoms with van der Waals surface area (Å²) >= 11 is 0. The molecule has 1 aromatic carbocycles. The molecule has 1 unspecified atom stereocenters. The van der Waals surface area contributed by atoms with Crippen LogP contribution in [0.5, 0.6) is 5.75 Å². The highest BCUT2D eigenvalue weighted by atomic mass is 19.1. The average molecular weight is 209 g/mol. The highest BCUT2D eigenvalue weighted by Crippen LogP contribution is 2.23. The minimum absolute atomic E-state index is 0.159. The molecule has 0 bridgehead atoms. The SMILES string of the molecule is CCOC(C#N)c1ccc(OC)c(F)c1. The molecule has 80 valence electrons. The molecule has 0 heterocycles. The summed E-state index contributed by atoms with van der Waals surface area (Å²) in [6.07, 6.45) is -0.726. The van der Waals surface area contributed by atoms with E-state index in [4.69, 9.17) is 14.7 Å².